The van der Waals surface area contributed by atoms with Crippen molar-refractivity contribution in [3.63, 3.8) is 0 Å². The molecule has 3 rings (SSSR count). The molecule has 168 valence electrons. The predicted molar refractivity (Wildman–Crippen MR) is 119 cm³/mol. The highest BCUT2D eigenvalue weighted by atomic mass is 35.5. The number of carbonyl (C=O) groups excluding carboxylic acids is 2. The van der Waals surface area contributed by atoms with Gasteiger partial charge in [-0.15, -0.1) is 10.2 Å². The van der Waals surface area contributed by atoms with Crippen molar-refractivity contribution in [3.05, 3.63) is 34.3 Å². The normalized spacial score (nSPS) is 17.0. The van der Waals surface area contributed by atoms with Crippen LogP contribution in [0.4, 0.5) is 5.13 Å². The molecule has 0 radical (unpaired) electrons. The zero-order valence-corrected chi connectivity index (χ0v) is 19.6. The summed E-state index contributed by atoms with van der Waals surface area (Å²) < 4.78 is 27.1. The van der Waals surface area contributed by atoms with Crippen LogP contribution < -0.4 is 5.32 Å². The van der Waals surface area contributed by atoms with Crippen LogP contribution in [0.15, 0.2) is 28.6 Å². The summed E-state index contributed by atoms with van der Waals surface area (Å²) in [6.07, 6.45) is 1.31. The van der Waals surface area contributed by atoms with Crippen molar-refractivity contribution in [2.75, 3.05) is 31.5 Å². The van der Waals surface area contributed by atoms with Crippen LogP contribution >= 0.6 is 22.9 Å². The minimum Gasteiger partial charge on any atom is -0.338 e. The van der Waals surface area contributed by atoms with Crippen LogP contribution in [0.2, 0.25) is 5.02 Å². The van der Waals surface area contributed by atoms with Gasteiger partial charge in [0.25, 0.3) is 5.91 Å². The zero-order valence-electron chi connectivity index (χ0n) is 17.2. The standard InChI is InChI=1S/C19H24ClN5O4S2/c1-3-25(4-2)31(28,29)16-10-13(7-8-15(16)20)18(27)24-9-5-6-14(11-24)17(26)22-19-23-21-12-30-19/h7-8,10,12,14H,3-6,9,11H2,1-2H3,(H,22,23,26)/t14-/m0/s1. The van der Waals surface area contributed by atoms with E-state index in [1.54, 1.807) is 18.7 Å². The highest BCUT2D eigenvalue weighted by Crippen LogP contribution is 2.27. The molecule has 1 N–H and O–H groups in total. The van der Waals surface area contributed by atoms with Gasteiger partial charge in [0.15, 0.2) is 0 Å². The molecule has 0 bridgehead atoms. The first kappa shape index (κ1) is 23.6. The Kier molecular flexibility index (Phi) is 7.63. The summed E-state index contributed by atoms with van der Waals surface area (Å²) in [4.78, 5) is 27.1. The topological polar surface area (TPSA) is 113 Å². The van der Waals surface area contributed by atoms with Gasteiger partial charge in [0, 0.05) is 31.7 Å². The van der Waals surface area contributed by atoms with E-state index in [9.17, 15) is 18.0 Å². The van der Waals surface area contributed by atoms with E-state index in [2.05, 4.69) is 15.5 Å². The van der Waals surface area contributed by atoms with Gasteiger partial charge >= 0.3 is 0 Å². The number of amides is 2. The van der Waals surface area contributed by atoms with Gasteiger partial charge in [0.1, 0.15) is 10.4 Å². The van der Waals surface area contributed by atoms with Crippen molar-refractivity contribution >= 4 is 49.9 Å². The summed E-state index contributed by atoms with van der Waals surface area (Å²) in [5, 5.41) is 10.7. The van der Waals surface area contributed by atoms with E-state index in [4.69, 9.17) is 11.6 Å². The molecule has 31 heavy (non-hydrogen) atoms. The SMILES string of the molecule is CCN(CC)S(=O)(=O)c1cc(C(=O)N2CCC[C@H](C(=O)Nc3nncs3)C2)ccc1Cl. The maximum Gasteiger partial charge on any atom is 0.253 e. The number of hydrogen-bond acceptors (Lipinski definition) is 7. The van der Waals surface area contributed by atoms with E-state index >= 15 is 0 Å². The smallest absolute Gasteiger partial charge is 0.253 e. The van der Waals surface area contributed by atoms with E-state index in [0.717, 1.165) is 0 Å². The Balaban J connectivity index is 1.78. The minimum absolute atomic E-state index is 0.0661. The molecule has 0 spiro atoms. The lowest BCUT2D eigenvalue weighted by molar-refractivity contribution is -0.121. The molecule has 1 saturated heterocycles. The number of nitrogens with zero attached hydrogens (tertiary/aromatic N) is 4. The number of nitrogens with one attached hydrogen (secondary N) is 1. The van der Waals surface area contributed by atoms with Crippen molar-refractivity contribution in [3.8, 4) is 0 Å². The van der Waals surface area contributed by atoms with E-state index in [-0.39, 0.29) is 39.8 Å². The molecule has 2 aromatic rings. The highest BCUT2D eigenvalue weighted by Gasteiger charge is 2.31. The minimum atomic E-state index is -3.82. The molecule has 1 atom stereocenters. The zero-order chi connectivity index (χ0) is 22.6. The largest absolute Gasteiger partial charge is 0.338 e. The van der Waals surface area contributed by atoms with Crippen LogP contribution in [-0.4, -0.2) is 65.8 Å². The number of rotatable bonds is 7. The fraction of sp³-hybridized carbons (Fsp3) is 0.474. The molecular formula is C19H24ClN5O4S2. The Labute approximate surface area is 190 Å². The molecule has 0 unspecified atom stereocenters. The molecule has 0 aliphatic carbocycles. The number of likely N-dealkylation sites (tertiary alicyclic amines) is 1. The second-order valence-electron chi connectivity index (χ2n) is 7.06. The average Bonchev–Trinajstić information content (AvgIpc) is 3.27. The van der Waals surface area contributed by atoms with Crippen LogP contribution in [0.25, 0.3) is 0 Å². The Morgan fingerprint density at radius 2 is 2.06 bits per heavy atom. The number of piperidine rings is 1. The Hall–Kier alpha value is -2.08. The summed E-state index contributed by atoms with van der Waals surface area (Å²) >= 11 is 7.39. The predicted octanol–water partition coefficient (Wildman–Crippen LogP) is 2.71. The summed E-state index contributed by atoms with van der Waals surface area (Å²) in [5.74, 6) is -0.927. The van der Waals surface area contributed by atoms with E-state index in [0.29, 0.717) is 37.6 Å². The third-order valence-corrected chi connectivity index (χ3v) is 8.31. The lowest BCUT2D eigenvalue weighted by Crippen LogP contribution is -2.43. The molecule has 1 fully saturated rings. The highest BCUT2D eigenvalue weighted by molar-refractivity contribution is 7.89. The monoisotopic (exact) mass is 485 g/mol. The summed E-state index contributed by atoms with van der Waals surface area (Å²) in [6, 6.07) is 4.26. The maximum absolute atomic E-state index is 13.1. The first-order chi connectivity index (χ1) is 14.8. The van der Waals surface area contributed by atoms with Gasteiger partial charge in [0.05, 0.1) is 10.9 Å². The van der Waals surface area contributed by atoms with Crippen LogP contribution in [0.3, 0.4) is 0 Å². The molecule has 1 aromatic heterocycles. The molecule has 1 aromatic carbocycles. The molecule has 2 amide bonds. The van der Waals surface area contributed by atoms with Gasteiger partial charge < -0.3 is 10.2 Å². The molecule has 2 heterocycles. The second kappa shape index (κ2) is 10.0. The van der Waals surface area contributed by atoms with Gasteiger partial charge in [-0.25, -0.2) is 8.42 Å². The fourth-order valence-electron chi connectivity index (χ4n) is 3.53. The van der Waals surface area contributed by atoms with Gasteiger partial charge in [-0.2, -0.15) is 4.31 Å². The van der Waals surface area contributed by atoms with E-state index < -0.39 is 10.0 Å². The van der Waals surface area contributed by atoms with Crippen molar-refractivity contribution < 1.29 is 18.0 Å². The van der Waals surface area contributed by atoms with Crippen molar-refractivity contribution in [2.24, 2.45) is 5.92 Å². The maximum atomic E-state index is 13.1. The van der Waals surface area contributed by atoms with Gasteiger partial charge in [-0.05, 0) is 31.0 Å². The van der Waals surface area contributed by atoms with Crippen molar-refractivity contribution in [1.29, 1.82) is 0 Å². The number of carbonyl (C=O) groups is 2. The average molecular weight is 486 g/mol. The molecule has 12 heteroatoms. The number of sulfonamides is 1. The summed E-state index contributed by atoms with van der Waals surface area (Å²) in [5.41, 5.74) is 1.75. The lowest BCUT2D eigenvalue weighted by Gasteiger charge is -2.32. The van der Waals surface area contributed by atoms with Gasteiger partial charge in [-0.1, -0.05) is 36.8 Å². The summed E-state index contributed by atoms with van der Waals surface area (Å²) in [7, 11) is -3.82. The Morgan fingerprint density at radius 1 is 1.32 bits per heavy atom. The molecule has 9 nitrogen and oxygen atoms in total. The van der Waals surface area contributed by atoms with Crippen LogP contribution in [0.1, 0.15) is 37.0 Å². The molecule has 1 aliphatic rings. The van der Waals surface area contributed by atoms with Crippen molar-refractivity contribution in [2.45, 2.75) is 31.6 Å². The third kappa shape index (κ3) is 5.22. The second-order valence-corrected chi connectivity index (χ2v) is 10.2. The lowest BCUT2D eigenvalue weighted by atomic mass is 9.96. The third-order valence-electron chi connectivity index (χ3n) is 5.17. The number of aromatic nitrogens is 2. The number of halogens is 1. The van der Waals surface area contributed by atoms with Crippen molar-refractivity contribution in [1.82, 2.24) is 19.4 Å². The Bertz CT molecular complexity index is 1040. The molecular weight excluding hydrogens is 462 g/mol. The van der Waals surface area contributed by atoms with Crippen LogP contribution in [-0.2, 0) is 14.8 Å². The molecule has 1 aliphatic heterocycles. The van der Waals surface area contributed by atoms with E-state index in [1.807, 2.05) is 0 Å². The fourth-order valence-corrected chi connectivity index (χ4v) is 5.94. The summed E-state index contributed by atoms with van der Waals surface area (Å²) in [6.45, 7) is 4.80. The van der Waals surface area contributed by atoms with Crippen LogP contribution in [0.5, 0.6) is 0 Å². The van der Waals surface area contributed by atoms with Gasteiger partial charge in [-0.3, -0.25) is 9.59 Å². The number of anilines is 1. The number of benzene rings is 1. The Morgan fingerprint density at radius 3 is 2.71 bits per heavy atom. The quantitative estimate of drug-likeness (QED) is 0.645. The number of hydrogen-bond donors (Lipinski definition) is 1. The van der Waals surface area contributed by atoms with E-state index in [1.165, 1.54) is 39.4 Å². The van der Waals surface area contributed by atoms with Crippen LogP contribution in [0, 0.1) is 5.92 Å². The van der Waals surface area contributed by atoms with Gasteiger partial charge in [0.2, 0.25) is 21.1 Å². The molecule has 0 saturated carbocycles. The first-order valence-corrected chi connectivity index (χ1v) is 12.6. The first-order valence-electron chi connectivity index (χ1n) is 9.93.